The molecule has 0 fully saturated rings. The molecule has 0 rings (SSSR count). The minimum absolute atomic E-state index is 0.281. The third kappa shape index (κ3) is 5.88. The molecule has 0 saturated carbocycles. The van der Waals surface area contributed by atoms with Gasteiger partial charge in [0.2, 0.25) is 0 Å². The van der Waals surface area contributed by atoms with Crippen LogP contribution in [-0.2, 0) is 9.47 Å². The molecule has 3 nitrogen and oxygen atoms in total. The largest absolute Gasteiger partial charge is 0.382 e. The zero-order valence-electron chi connectivity index (χ0n) is 4.52. The average Bonchev–Trinajstić information content (AvgIpc) is 1.69. The highest BCUT2D eigenvalue weighted by molar-refractivity contribution is 4.21. The van der Waals surface area contributed by atoms with Gasteiger partial charge >= 0.3 is 0 Å². The number of ether oxygens (including phenoxy) is 2. The molecule has 0 aromatic heterocycles. The van der Waals surface area contributed by atoms with Crippen molar-refractivity contribution in [1.82, 2.24) is 0 Å². The Morgan fingerprint density at radius 1 is 1.43 bits per heavy atom. The Morgan fingerprint density at radius 2 is 2.14 bits per heavy atom. The average molecular weight is 105 g/mol. The van der Waals surface area contributed by atoms with Crippen LogP contribution in [0.4, 0.5) is 0 Å². The van der Waals surface area contributed by atoms with Crippen molar-refractivity contribution in [2.45, 2.75) is 0 Å². The third-order valence-electron chi connectivity index (χ3n) is 0.550. The van der Waals surface area contributed by atoms with Crippen LogP contribution >= 0.6 is 0 Å². The Kier molecular flexibility index (Phi) is 5.78. The Hall–Kier alpha value is -0.120. The van der Waals surface area contributed by atoms with Crippen LogP contribution < -0.4 is 5.73 Å². The first-order chi connectivity index (χ1) is 3.41. The quantitative estimate of drug-likeness (QED) is 0.389. The number of nitrogens with two attached hydrogens (primary N) is 1. The van der Waals surface area contributed by atoms with Crippen molar-refractivity contribution in [3.05, 3.63) is 0 Å². The maximum atomic E-state index is 4.99. The van der Waals surface area contributed by atoms with E-state index >= 15 is 0 Å². The molecule has 2 N–H and O–H groups in total. The fraction of sp³-hybridized carbons (Fsp3) is 1.00. The van der Waals surface area contributed by atoms with Gasteiger partial charge < -0.3 is 15.2 Å². The third-order valence-corrected chi connectivity index (χ3v) is 0.550. The van der Waals surface area contributed by atoms with E-state index in [-0.39, 0.29) is 6.73 Å². The van der Waals surface area contributed by atoms with Crippen molar-refractivity contribution in [3.63, 3.8) is 0 Å². The standard InChI is InChI=1S/C4H11NO2/c1-6-2-3-7-4-5/h2-5H2,1H3. The summed E-state index contributed by atoms with van der Waals surface area (Å²) in [6, 6.07) is 0. The van der Waals surface area contributed by atoms with Crippen LogP contribution in [0.25, 0.3) is 0 Å². The van der Waals surface area contributed by atoms with Crippen LogP contribution in [0.5, 0.6) is 0 Å². The van der Waals surface area contributed by atoms with Crippen molar-refractivity contribution >= 4 is 0 Å². The molecule has 3 heteroatoms. The lowest BCUT2D eigenvalue weighted by atomic mass is 10.8. The molecule has 0 unspecified atom stereocenters. The predicted octanol–water partition coefficient (Wildman–Crippen LogP) is -0.434. The summed E-state index contributed by atoms with van der Waals surface area (Å²) in [5, 5.41) is 0. The zero-order chi connectivity index (χ0) is 5.54. The van der Waals surface area contributed by atoms with E-state index in [1.165, 1.54) is 0 Å². The van der Waals surface area contributed by atoms with Crippen LogP contribution in [0.15, 0.2) is 0 Å². The maximum Gasteiger partial charge on any atom is 0.0941 e. The number of hydrogen-bond acceptors (Lipinski definition) is 3. The van der Waals surface area contributed by atoms with Gasteiger partial charge in [0.1, 0.15) is 0 Å². The first-order valence-electron chi connectivity index (χ1n) is 2.18. The second kappa shape index (κ2) is 5.88. The van der Waals surface area contributed by atoms with Crippen LogP contribution in [0.3, 0.4) is 0 Å². The second-order valence-electron chi connectivity index (χ2n) is 1.07. The van der Waals surface area contributed by atoms with Crippen LogP contribution in [0.2, 0.25) is 0 Å². The van der Waals surface area contributed by atoms with E-state index in [0.717, 1.165) is 0 Å². The smallest absolute Gasteiger partial charge is 0.0941 e. The summed E-state index contributed by atoms with van der Waals surface area (Å²) in [5.74, 6) is 0. The number of hydrogen-bond donors (Lipinski definition) is 1. The van der Waals surface area contributed by atoms with Gasteiger partial charge in [-0.3, -0.25) is 0 Å². The molecule has 0 saturated heterocycles. The molecular weight excluding hydrogens is 94.0 g/mol. The van der Waals surface area contributed by atoms with E-state index in [4.69, 9.17) is 10.5 Å². The van der Waals surface area contributed by atoms with E-state index in [0.29, 0.717) is 13.2 Å². The molecule has 0 aliphatic carbocycles. The first kappa shape index (κ1) is 6.88. The van der Waals surface area contributed by atoms with Gasteiger partial charge in [-0.15, -0.1) is 0 Å². The molecule has 44 valence electrons. The Morgan fingerprint density at radius 3 is 2.57 bits per heavy atom. The minimum atomic E-state index is 0.281. The van der Waals surface area contributed by atoms with E-state index in [2.05, 4.69) is 4.74 Å². The summed E-state index contributed by atoms with van der Waals surface area (Å²) in [7, 11) is 1.62. The lowest BCUT2D eigenvalue weighted by molar-refractivity contribution is 0.0741. The number of rotatable bonds is 4. The second-order valence-corrected chi connectivity index (χ2v) is 1.07. The summed E-state index contributed by atoms with van der Waals surface area (Å²) < 4.78 is 9.39. The SMILES string of the molecule is COCCOCN. The fourth-order valence-corrected chi connectivity index (χ4v) is 0.226. The van der Waals surface area contributed by atoms with Gasteiger partial charge in [0.05, 0.1) is 19.9 Å². The Labute approximate surface area is 43.4 Å². The Bertz CT molecular complexity index is 28.9. The van der Waals surface area contributed by atoms with E-state index in [1.807, 2.05) is 0 Å². The van der Waals surface area contributed by atoms with Gasteiger partial charge in [-0.05, 0) is 0 Å². The topological polar surface area (TPSA) is 44.5 Å². The molecule has 0 aromatic carbocycles. The summed E-state index contributed by atoms with van der Waals surface area (Å²) in [6.45, 7) is 1.49. The van der Waals surface area contributed by atoms with E-state index in [1.54, 1.807) is 7.11 Å². The monoisotopic (exact) mass is 105 g/mol. The lowest BCUT2D eigenvalue weighted by Crippen LogP contribution is -2.08. The molecule has 0 atom stereocenters. The summed E-state index contributed by atoms with van der Waals surface area (Å²) in [4.78, 5) is 0. The molecule has 0 aliphatic heterocycles. The van der Waals surface area contributed by atoms with Gasteiger partial charge in [0, 0.05) is 7.11 Å². The summed E-state index contributed by atoms with van der Waals surface area (Å²) >= 11 is 0. The summed E-state index contributed by atoms with van der Waals surface area (Å²) in [6.07, 6.45) is 0. The molecule has 0 spiro atoms. The highest BCUT2D eigenvalue weighted by atomic mass is 16.5. The summed E-state index contributed by atoms with van der Waals surface area (Å²) in [5.41, 5.74) is 4.99. The van der Waals surface area contributed by atoms with E-state index < -0.39 is 0 Å². The number of methoxy groups -OCH3 is 1. The highest BCUT2D eigenvalue weighted by Crippen LogP contribution is 1.68. The zero-order valence-corrected chi connectivity index (χ0v) is 4.52. The van der Waals surface area contributed by atoms with Gasteiger partial charge in [-0.25, -0.2) is 0 Å². The first-order valence-corrected chi connectivity index (χ1v) is 2.18. The van der Waals surface area contributed by atoms with Crippen molar-refractivity contribution in [1.29, 1.82) is 0 Å². The molecule has 0 bridgehead atoms. The van der Waals surface area contributed by atoms with E-state index in [9.17, 15) is 0 Å². The van der Waals surface area contributed by atoms with Crippen molar-refractivity contribution in [2.24, 2.45) is 5.73 Å². The molecule has 7 heavy (non-hydrogen) atoms. The molecular formula is C4H11NO2. The lowest BCUT2D eigenvalue weighted by Gasteiger charge is -1.96. The van der Waals surface area contributed by atoms with Crippen LogP contribution in [0, 0.1) is 0 Å². The van der Waals surface area contributed by atoms with Crippen molar-refractivity contribution < 1.29 is 9.47 Å². The van der Waals surface area contributed by atoms with Crippen molar-refractivity contribution in [3.8, 4) is 0 Å². The molecule has 0 aromatic rings. The highest BCUT2D eigenvalue weighted by Gasteiger charge is 1.78. The van der Waals surface area contributed by atoms with Gasteiger partial charge in [-0.1, -0.05) is 0 Å². The Balaban J connectivity index is 2.45. The molecule has 0 radical (unpaired) electrons. The van der Waals surface area contributed by atoms with Gasteiger partial charge in [0.25, 0.3) is 0 Å². The maximum absolute atomic E-state index is 4.99. The molecule has 0 aliphatic rings. The van der Waals surface area contributed by atoms with Gasteiger partial charge in [0.15, 0.2) is 0 Å². The van der Waals surface area contributed by atoms with Crippen LogP contribution in [-0.4, -0.2) is 27.1 Å². The van der Waals surface area contributed by atoms with Crippen molar-refractivity contribution in [2.75, 3.05) is 27.1 Å². The molecule has 0 amide bonds. The predicted molar refractivity (Wildman–Crippen MR) is 26.9 cm³/mol. The minimum Gasteiger partial charge on any atom is -0.382 e. The van der Waals surface area contributed by atoms with Crippen LogP contribution in [0.1, 0.15) is 0 Å². The fourth-order valence-electron chi connectivity index (χ4n) is 0.226. The normalized spacial score (nSPS) is 9.43. The molecule has 0 heterocycles. The van der Waals surface area contributed by atoms with Gasteiger partial charge in [-0.2, -0.15) is 0 Å².